The summed E-state index contributed by atoms with van der Waals surface area (Å²) in [5.41, 5.74) is 0.458. The highest BCUT2D eigenvalue weighted by molar-refractivity contribution is 7.79. The molecule has 1 fully saturated rings. The van der Waals surface area contributed by atoms with Gasteiger partial charge < -0.3 is 13.8 Å². The minimum atomic E-state index is -2.20. The molecule has 6 heteroatoms. The van der Waals surface area contributed by atoms with Gasteiger partial charge in [0.1, 0.15) is 13.1 Å². The Morgan fingerprint density at radius 1 is 1.26 bits per heavy atom. The van der Waals surface area contributed by atoms with Crippen molar-refractivity contribution in [3.8, 4) is 6.07 Å². The molecule has 1 heterocycles. The fourth-order valence-corrected chi connectivity index (χ4v) is 1.84. The van der Waals surface area contributed by atoms with Gasteiger partial charge in [-0.3, -0.25) is 4.21 Å². The van der Waals surface area contributed by atoms with Crippen molar-refractivity contribution < 1.29 is 18.0 Å². The van der Waals surface area contributed by atoms with Gasteiger partial charge in [-0.15, -0.1) is 0 Å². The minimum Gasteiger partial charge on any atom is -0.768 e. The lowest BCUT2D eigenvalue weighted by Crippen LogP contribution is -2.48. The van der Waals surface area contributed by atoms with Crippen LogP contribution in [-0.4, -0.2) is 53.6 Å². The van der Waals surface area contributed by atoms with Crippen LogP contribution in [0.5, 0.6) is 0 Å². The summed E-state index contributed by atoms with van der Waals surface area (Å²) in [6, 6.07) is 7.60. The number of benzene rings is 1. The summed E-state index contributed by atoms with van der Waals surface area (Å²) in [5.74, 6) is 0. The quantitative estimate of drug-likeness (QED) is 0.566. The zero-order valence-electron chi connectivity index (χ0n) is 11.2. The Morgan fingerprint density at radius 2 is 1.79 bits per heavy atom. The van der Waals surface area contributed by atoms with E-state index in [2.05, 4.69) is 14.1 Å². The number of hydrogen-bond donors (Lipinski definition) is 0. The molecule has 0 bridgehead atoms. The highest BCUT2D eigenvalue weighted by Crippen LogP contribution is 2.05. The van der Waals surface area contributed by atoms with Gasteiger partial charge >= 0.3 is 0 Å². The Hall–Kier alpha value is -1.26. The Labute approximate surface area is 116 Å². The summed E-state index contributed by atoms with van der Waals surface area (Å²) in [7, 11) is 4.48. The SMILES string of the molecule is C[N+]1(C)CCOCC1.N#Cc1ccc(S(=O)[O-])cc1. The molecule has 1 aliphatic rings. The first-order chi connectivity index (χ1) is 8.94. The van der Waals surface area contributed by atoms with Crippen LogP contribution in [0.1, 0.15) is 5.56 Å². The van der Waals surface area contributed by atoms with Crippen molar-refractivity contribution in [1.82, 2.24) is 0 Å². The molecule has 5 nitrogen and oxygen atoms in total. The molecule has 0 aromatic heterocycles. The van der Waals surface area contributed by atoms with Crippen LogP contribution in [0.15, 0.2) is 29.2 Å². The Kier molecular flexibility index (Phi) is 6.12. The van der Waals surface area contributed by atoms with Crippen LogP contribution in [0.4, 0.5) is 0 Å². The van der Waals surface area contributed by atoms with E-state index in [1.807, 2.05) is 6.07 Å². The van der Waals surface area contributed by atoms with E-state index in [1.54, 1.807) is 0 Å². The van der Waals surface area contributed by atoms with Crippen molar-refractivity contribution in [2.24, 2.45) is 0 Å². The van der Waals surface area contributed by atoms with E-state index in [0.29, 0.717) is 5.56 Å². The monoisotopic (exact) mass is 282 g/mol. The third-order valence-corrected chi connectivity index (χ3v) is 3.51. The number of likely N-dealkylation sites (N-methyl/N-ethyl adjacent to an activating group) is 1. The smallest absolute Gasteiger partial charge is 0.102 e. The van der Waals surface area contributed by atoms with Crippen molar-refractivity contribution in [3.05, 3.63) is 29.8 Å². The van der Waals surface area contributed by atoms with Gasteiger partial charge in [0.2, 0.25) is 0 Å². The van der Waals surface area contributed by atoms with E-state index in [1.165, 1.54) is 37.4 Å². The summed E-state index contributed by atoms with van der Waals surface area (Å²) >= 11 is -2.20. The lowest BCUT2D eigenvalue weighted by Gasteiger charge is -2.33. The fourth-order valence-electron chi connectivity index (χ4n) is 1.48. The van der Waals surface area contributed by atoms with Crippen LogP contribution in [0, 0.1) is 11.3 Å². The number of hydrogen-bond acceptors (Lipinski definition) is 4. The zero-order chi connectivity index (χ0) is 14.3. The Bertz CT molecular complexity index is 458. The van der Waals surface area contributed by atoms with E-state index < -0.39 is 11.1 Å². The molecular weight excluding hydrogens is 264 g/mol. The molecule has 0 amide bonds. The summed E-state index contributed by atoms with van der Waals surface area (Å²) in [5, 5.41) is 8.36. The largest absolute Gasteiger partial charge is 0.768 e. The molecule has 1 unspecified atom stereocenters. The Balaban J connectivity index is 0.000000200. The lowest BCUT2D eigenvalue weighted by atomic mass is 10.2. The maximum absolute atomic E-state index is 10.3. The third-order valence-electron chi connectivity index (χ3n) is 2.86. The van der Waals surface area contributed by atoms with E-state index in [4.69, 9.17) is 10.00 Å². The van der Waals surface area contributed by atoms with E-state index >= 15 is 0 Å². The molecule has 1 aromatic rings. The topological polar surface area (TPSA) is 73.1 Å². The number of morpholine rings is 1. The molecule has 0 N–H and O–H groups in total. The number of nitriles is 1. The molecule has 0 radical (unpaired) electrons. The molecule has 0 spiro atoms. The minimum absolute atomic E-state index is 0.198. The van der Waals surface area contributed by atoms with Gasteiger partial charge in [-0.2, -0.15) is 5.26 Å². The molecule has 1 saturated heterocycles. The van der Waals surface area contributed by atoms with Crippen LogP contribution in [0.2, 0.25) is 0 Å². The second kappa shape index (κ2) is 7.36. The second-order valence-electron chi connectivity index (χ2n) is 4.87. The van der Waals surface area contributed by atoms with E-state index in [9.17, 15) is 8.76 Å². The molecule has 0 aliphatic carbocycles. The number of quaternary nitrogens is 1. The van der Waals surface area contributed by atoms with Crippen molar-refractivity contribution in [2.45, 2.75) is 4.90 Å². The molecule has 0 saturated carbocycles. The normalized spacial score (nSPS) is 18.6. The van der Waals surface area contributed by atoms with Crippen molar-refractivity contribution >= 4 is 11.1 Å². The van der Waals surface area contributed by atoms with Crippen LogP contribution < -0.4 is 0 Å². The summed E-state index contributed by atoms with van der Waals surface area (Å²) in [4.78, 5) is 0.198. The van der Waals surface area contributed by atoms with Gasteiger partial charge in [0.15, 0.2) is 0 Å². The first-order valence-electron chi connectivity index (χ1n) is 5.94. The molecular formula is C13H18N2O3S. The van der Waals surface area contributed by atoms with E-state index in [-0.39, 0.29) is 4.90 Å². The summed E-state index contributed by atoms with van der Waals surface area (Å²) in [6.07, 6.45) is 0. The van der Waals surface area contributed by atoms with Crippen molar-refractivity contribution in [1.29, 1.82) is 5.26 Å². The maximum atomic E-state index is 10.3. The molecule has 19 heavy (non-hydrogen) atoms. The highest BCUT2D eigenvalue weighted by Gasteiger charge is 2.18. The fraction of sp³-hybridized carbons (Fsp3) is 0.462. The first-order valence-corrected chi connectivity index (χ1v) is 7.01. The number of rotatable bonds is 1. The molecule has 2 rings (SSSR count). The van der Waals surface area contributed by atoms with Crippen molar-refractivity contribution in [2.75, 3.05) is 40.4 Å². The average molecular weight is 282 g/mol. The predicted molar refractivity (Wildman–Crippen MR) is 71.0 cm³/mol. The lowest BCUT2D eigenvalue weighted by molar-refractivity contribution is -0.898. The van der Waals surface area contributed by atoms with Crippen LogP contribution in [0.3, 0.4) is 0 Å². The standard InChI is InChI=1S/C7H5NO2S.C6H14NO/c8-5-6-1-3-7(4-2-6)11(9)10;1-7(2)3-5-8-6-4-7/h1-4H,(H,9,10);3-6H2,1-2H3/q;+1/p-1. The summed E-state index contributed by atoms with van der Waals surface area (Å²) in [6.45, 7) is 4.21. The second-order valence-corrected chi connectivity index (χ2v) is 5.81. The zero-order valence-corrected chi connectivity index (χ0v) is 12.0. The van der Waals surface area contributed by atoms with E-state index in [0.717, 1.165) is 17.7 Å². The van der Waals surface area contributed by atoms with Gasteiger partial charge in [0.05, 0.1) is 38.9 Å². The Morgan fingerprint density at radius 3 is 2.11 bits per heavy atom. The van der Waals surface area contributed by atoms with Gasteiger partial charge in [-0.25, -0.2) is 0 Å². The van der Waals surface area contributed by atoms with Gasteiger partial charge in [0, 0.05) is 4.90 Å². The van der Waals surface area contributed by atoms with Crippen LogP contribution in [0.25, 0.3) is 0 Å². The van der Waals surface area contributed by atoms with Gasteiger partial charge in [0.25, 0.3) is 0 Å². The highest BCUT2D eigenvalue weighted by atomic mass is 32.2. The molecule has 1 atom stereocenters. The molecule has 1 aliphatic heterocycles. The molecule has 104 valence electrons. The molecule has 1 aromatic carbocycles. The summed E-state index contributed by atoms with van der Waals surface area (Å²) < 4.78 is 26.9. The van der Waals surface area contributed by atoms with Crippen LogP contribution >= 0.6 is 0 Å². The first kappa shape index (κ1) is 15.8. The van der Waals surface area contributed by atoms with Gasteiger partial charge in [-0.05, 0) is 35.3 Å². The number of ether oxygens (including phenoxy) is 1. The van der Waals surface area contributed by atoms with Crippen LogP contribution in [-0.2, 0) is 15.8 Å². The third kappa shape index (κ3) is 5.94. The predicted octanol–water partition coefficient (Wildman–Crippen LogP) is 0.889. The van der Waals surface area contributed by atoms with Crippen molar-refractivity contribution in [3.63, 3.8) is 0 Å². The van der Waals surface area contributed by atoms with Gasteiger partial charge in [-0.1, -0.05) is 0 Å². The average Bonchev–Trinajstić information content (AvgIpc) is 2.39. The maximum Gasteiger partial charge on any atom is 0.102 e. The number of nitrogens with zero attached hydrogens (tertiary/aromatic N) is 2.